The Morgan fingerprint density at radius 3 is 2.61 bits per heavy atom. The Hall–Kier alpha value is -2.94. The summed E-state index contributed by atoms with van der Waals surface area (Å²) in [6.45, 7) is 0. The van der Waals surface area contributed by atoms with E-state index in [4.69, 9.17) is 9.47 Å². The van der Waals surface area contributed by atoms with Gasteiger partial charge in [-0.25, -0.2) is 5.43 Å². The summed E-state index contributed by atoms with van der Waals surface area (Å²) in [5.41, 5.74) is 2.28. The molecular weight excluding hydrogens is 322 g/mol. The number of thiophene rings is 1. The SMILES string of the molecule is COc1cc(/C=N/NC(=O)c2cccs2)c([N+](=O)[O-])cc1OC. The van der Waals surface area contributed by atoms with Crippen LogP contribution in [-0.2, 0) is 0 Å². The molecule has 0 aliphatic heterocycles. The van der Waals surface area contributed by atoms with Crippen molar-refractivity contribution < 1.29 is 19.2 Å². The van der Waals surface area contributed by atoms with Crippen molar-refractivity contribution in [1.82, 2.24) is 5.43 Å². The maximum Gasteiger partial charge on any atom is 0.282 e. The van der Waals surface area contributed by atoms with Crippen molar-refractivity contribution in [3.05, 3.63) is 50.2 Å². The maximum atomic E-state index is 11.7. The molecule has 0 aliphatic rings. The largest absolute Gasteiger partial charge is 0.493 e. The molecular formula is C14H13N3O5S. The zero-order chi connectivity index (χ0) is 16.8. The van der Waals surface area contributed by atoms with Gasteiger partial charge in [-0.1, -0.05) is 6.07 Å². The van der Waals surface area contributed by atoms with E-state index in [1.54, 1.807) is 17.5 Å². The topological polar surface area (TPSA) is 103 Å². The van der Waals surface area contributed by atoms with Crippen molar-refractivity contribution >= 4 is 29.1 Å². The molecule has 0 saturated heterocycles. The number of nitrogens with zero attached hydrogens (tertiary/aromatic N) is 2. The fourth-order valence-electron chi connectivity index (χ4n) is 1.77. The molecule has 1 aromatic carbocycles. The summed E-state index contributed by atoms with van der Waals surface area (Å²) in [5, 5.41) is 16.6. The molecule has 0 fully saturated rings. The van der Waals surface area contributed by atoms with Gasteiger partial charge in [-0.05, 0) is 17.5 Å². The number of hydrogen-bond donors (Lipinski definition) is 1. The van der Waals surface area contributed by atoms with Crippen LogP contribution >= 0.6 is 11.3 Å². The van der Waals surface area contributed by atoms with Crippen molar-refractivity contribution in [3.8, 4) is 11.5 Å². The van der Waals surface area contributed by atoms with Crippen LogP contribution in [0.5, 0.6) is 11.5 Å². The second kappa shape index (κ2) is 7.36. The van der Waals surface area contributed by atoms with E-state index >= 15 is 0 Å². The average molecular weight is 335 g/mol. The van der Waals surface area contributed by atoms with Crippen LogP contribution in [0.4, 0.5) is 5.69 Å². The molecule has 1 amide bonds. The molecule has 0 radical (unpaired) electrons. The normalized spacial score (nSPS) is 10.5. The third-order valence-corrected chi connectivity index (χ3v) is 3.71. The van der Waals surface area contributed by atoms with Crippen LogP contribution in [0.3, 0.4) is 0 Å². The molecule has 120 valence electrons. The summed E-state index contributed by atoms with van der Waals surface area (Å²) in [5.74, 6) is 0.169. The van der Waals surface area contributed by atoms with Gasteiger partial charge >= 0.3 is 0 Å². The fourth-order valence-corrected chi connectivity index (χ4v) is 2.38. The zero-order valence-corrected chi connectivity index (χ0v) is 13.1. The zero-order valence-electron chi connectivity index (χ0n) is 12.3. The molecule has 1 N–H and O–H groups in total. The van der Waals surface area contributed by atoms with Gasteiger partial charge in [0.1, 0.15) is 0 Å². The molecule has 23 heavy (non-hydrogen) atoms. The van der Waals surface area contributed by atoms with Crippen molar-refractivity contribution in [2.45, 2.75) is 0 Å². The molecule has 2 rings (SSSR count). The lowest BCUT2D eigenvalue weighted by atomic mass is 10.1. The van der Waals surface area contributed by atoms with Gasteiger partial charge in [0.2, 0.25) is 0 Å². The molecule has 0 atom stereocenters. The predicted molar refractivity (Wildman–Crippen MR) is 85.6 cm³/mol. The monoisotopic (exact) mass is 335 g/mol. The highest BCUT2D eigenvalue weighted by molar-refractivity contribution is 7.12. The number of carbonyl (C=O) groups excluding carboxylic acids is 1. The summed E-state index contributed by atoms with van der Waals surface area (Å²) in [6.07, 6.45) is 1.19. The number of ether oxygens (including phenoxy) is 2. The first-order valence-electron chi connectivity index (χ1n) is 6.34. The Morgan fingerprint density at radius 1 is 1.35 bits per heavy atom. The summed E-state index contributed by atoms with van der Waals surface area (Å²) < 4.78 is 10.1. The second-order valence-electron chi connectivity index (χ2n) is 4.20. The van der Waals surface area contributed by atoms with E-state index in [0.717, 1.165) is 0 Å². The smallest absolute Gasteiger partial charge is 0.282 e. The number of benzene rings is 1. The fraction of sp³-hybridized carbons (Fsp3) is 0.143. The molecule has 0 spiro atoms. The molecule has 0 aliphatic carbocycles. The second-order valence-corrected chi connectivity index (χ2v) is 5.15. The van der Waals surface area contributed by atoms with E-state index < -0.39 is 4.92 Å². The number of rotatable bonds is 6. The number of nitrogens with one attached hydrogen (secondary N) is 1. The quantitative estimate of drug-likeness (QED) is 0.496. The molecule has 0 saturated carbocycles. The first kappa shape index (κ1) is 16.4. The summed E-state index contributed by atoms with van der Waals surface area (Å²) >= 11 is 1.27. The van der Waals surface area contributed by atoms with Crippen LogP contribution in [0, 0.1) is 10.1 Å². The van der Waals surface area contributed by atoms with Crippen molar-refractivity contribution in [2.24, 2.45) is 5.10 Å². The van der Waals surface area contributed by atoms with E-state index in [0.29, 0.717) is 10.6 Å². The maximum absolute atomic E-state index is 11.7. The number of nitro groups is 1. The molecule has 8 nitrogen and oxygen atoms in total. The van der Waals surface area contributed by atoms with E-state index in [1.807, 2.05) is 0 Å². The van der Waals surface area contributed by atoms with Gasteiger partial charge in [0.15, 0.2) is 11.5 Å². The Bertz CT molecular complexity index is 743. The highest BCUT2D eigenvalue weighted by atomic mass is 32.1. The van der Waals surface area contributed by atoms with Crippen LogP contribution in [0.1, 0.15) is 15.2 Å². The van der Waals surface area contributed by atoms with E-state index in [2.05, 4.69) is 10.5 Å². The Labute approximate surface area is 135 Å². The van der Waals surface area contributed by atoms with Crippen LogP contribution < -0.4 is 14.9 Å². The molecule has 0 unspecified atom stereocenters. The summed E-state index contributed by atoms with van der Waals surface area (Å²) in [6, 6.07) is 6.04. The van der Waals surface area contributed by atoms with Gasteiger partial charge in [-0.3, -0.25) is 14.9 Å². The summed E-state index contributed by atoms with van der Waals surface area (Å²) in [4.78, 5) is 22.8. The van der Waals surface area contributed by atoms with Crippen LogP contribution in [-0.4, -0.2) is 31.3 Å². The highest BCUT2D eigenvalue weighted by Gasteiger charge is 2.18. The van der Waals surface area contributed by atoms with Crippen molar-refractivity contribution in [2.75, 3.05) is 14.2 Å². The lowest BCUT2D eigenvalue weighted by molar-refractivity contribution is -0.385. The lowest BCUT2D eigenvalue weighted by Crippen LogP contribution is -2.16. The minimum Gasteiger partial charge on any atom is -0.493 e. The van der Waals surface area contributed by atoms with Gasteiger partial charge < -0.3 is 9.47 Å². The number of amides is 1. The predicted octanol–water partition coefficient (Wildman–Crippen LogP) is 2.44. The van der Waals surface area contributed by atoms with E-state index in [-0.39, 0.29) is 22.9 Å². The lowest BCUT2D eigenvalue weighted by Gasteiger charge is -2.08. The van der Waals surface area contributed by atoms with Gasteiger partial charge in [0.25, 0.3) is 11.6 Å². The van der Waals surface area contributed by atoms with Crippen molar-refractivity contribution in [3.63, 3.8) is 0 Å². The average Bonchev–Trinajstić information content (AvgIpc) is 3.08. The van der Waals surface area contributed by atoms with Gasteiger partial charge in [0.05, 0.1) is 41.9 Å². The van der Waals surface area contributed by atoms with Crippen LogP contribution in [0.25, 0.3) is 0 Å². The first-order chi connectivity index (χ1) is 11.1. The Kier molecular flexibility index (Phi) is 5.26. The number of carbonyl (C=O) groups is 1. The summed E-state index contributed by atoms with van der Waals surface area (Å²) in [7, 11) is 2.81. The van der Waals surface area contributed by atoms with E-state index in [1.165, 1.54) is 43.9 Å². The molecule has 2 aromatic rings. The minimum atomic E-state index is -0.565. The van der Waals surface area contributed by atoms with Crippen molar-refractivity contribution in [1.29, 1.82) is 0 Å². The van der Waals surface area contributed by atoms with Crippen LogP contribution in [0.15, 0.2) is 34.7 Å². The Balaban J connectivity index is 2.25. The Morgan fingerprint density at radius 2 is 2.04 bits per heavy atom. The van der Waals surface area contributed by atoms with Gasteiger partial charge in [-0.15, -0.1) is 11.3 Å². The van der Waals surface area contributed by atoms with Gasteiger partial charge in [-0.2, -0.15) is 5.10 Å². The van der Waals surface area contributed by atoms with Gasteiger partial charge in [0, 0.05) is 0 Å². The molecule has 0 bridgehead atoms. The number of methoxy groups -OCH3 is 2. The first-order valence-corrected chi connectivity index (χ1v) is 7.22. The number of nitro benzene ring substituents is 1. The van der Waals surface area contributed by atoms with E-state index in [9.17, 15) is 14.9 Å². The highest BCUT2D eigenvalue weighted by Crippen LogP contribution is 2.33. The molecule has 1 heterocycles. The third kappa shape index (κ3) is 3.83. The molecule has 1 aromatic heterocycles. The third-order valence-electron chi connectivity index (χ3n) is 2.84. The number of hydrogen-bond acceptors (Lipinski definition) is 7. The van der Waals surface area contributed by atoms with Crippen LogP contribution in [0.2, 0.25) is 0 Å². The minimum absolute atomic E-state index is 0.180. The number of hydrazone groups is 1. The standard InChI is InChI=1S/C14H13N3O5S/c1-21-11-6-9(10(17(19)20)7-12(11)22-2)8-15-16-14(18)13-4-3-5-23-13/h3-8H,1-2H3,(H,16,18)/b15-8+. The molecule has 9 heteroatoms.